The Morgan fingerprint density at radius 3 is 2.43 bits per heavy atom. The number of pyridine rings is 1. The molecule has 35 heavy (non-hydrogen) atoms. The van der Waals surface area contributed by atoms with Crippen molar-refractivity contribution in [2.45, 2.75) is 46.1 Å². The first-order valence-corrected chi connectivity index (χ1v) is 11.9. The number of nitrogens with zero attached hydrogens (tertiary/aromatic N) is 2. The van der Waals surface area contributed by atoms with Gasteiger partial charge in [-0.05, 0) is 79.9 Å². The first-order valence-electron chi connectivity index (χ1n) is 11.9. The van der Waals surface area contributed by atoms with Gasteiger partial charge in [0.05, 0.1) is 17.9 Å². The first-order chi connectivity index (χ1) is 16.9. The van der Waals surface area contributed by atoms with Crippen LogP contribution < -0.4 is 9.64 Å². The summed E-state index contributed by atoms with van der Waals surface area (Å²) in [6.45, 7) is 6.71. The van der Waals surface area contributed by atoms with E-state index in [1.165, 1.54) is 4.90 Å². The van der Waals surface area contributed by atoms with Crippen molar-refractivity contribution in [2.24, 2.45) is 0 Å². The third-order valence-corrected chi connectivity index (χ3v) is 6.33. The van der Waals surface area contributed by atoms with E-state index in [-0.39, 0.29) is 11.3 Å². The van der Waals surface area contributed by atoms with Gasteiger partial charge in [0, 0.05) is 17.4 Å². The Kier molecular flexibility index (Phi) is 7.30. The molecule has 0 radical (unpaired) electrons. The molecule has 1 aromatic heterocycles. The van der Waals surface area contributed by atoms with Gasteiger partial charge >= 0.3 is 0 Å². The second-order valence-corrected chi connectivity index (χ2v) is 8.77. The summed E-state index contributed by atoms with van der Waals surface area (Å²) in [5.41, 5.74) is 3.62. The van der Waals surface area contributed by atoms with Gasteiger partial charge in [-0.3, -0.25) is 19.5 Å². The van der Waals surface area contributed by atoms with Crippen LogP contribution in [0.1, 0.15) is 54.6 Å². The number of hydrogen-bond acceptors (Lipinski definition) is 5. The summed E-state index contributed by atoms with van der Waals surface area (Å²) in [6, 6.07) is 17.0. The summed E-state index contributed by atoms with van der Waals surface area (Å²) in [7, 11) is 0. The van der Waals surface area contributed by atoms with Gasteiger partial charge in [0.25, 0.3) is 11.7 Å². The number of unbranched alkanes of at least 4 members (excludes halogenated alkanes) is 2. The van der Waals surface area contributed by atoms with Gasteiger partial charge in [0.2, 0.25) is 0 Å². The normalized spacial score (nSPS) is 17.1. The van der Waals surface area contributed by atoms with Gasteiger partial charge in [-0.25, -0.2) is 0 Å². The predicted octanol–water partition coefficient (Wildman–Crippen LogP) is 5.89. The van der Waals surface area contributed by atoms with Crippen molar-refractivity contribution >= 4 is 23.1 Å². The fourth-order valence-corrected chi connectivity index (χ4v) is 4.20. The fourth-order valence-electron chi connectivity index (χ4n) is 4.20. The number of aliphatic hydroxyl groups is 1. The maximum Gasteiger partial charge on any atom is 0.300 e. The van der Waals surface area contributed by atoms with Crippen molar-refractivity contribution in [1.82, 2.24) is 4.98 Å². The lowest BCUT2D eigenvalue weighted by Crippen LogP contribution is -2.29. The number of carbonyl (C=O) groups is 2. The van der Waals surface area contributed by atoms with Gasteiger partial charge in [0.1, 0.15) is 17.6 Å². The lowest BCUT2D eigenvalue weighted by atomic mass is 9.98. The number of hydrogen-bond donors (Lipinski definition) is 1. The maximum absolute atomic E-state index is 13.2. The van der Waals surface area contributed by atoms with E-state index in [0.717, 1.165) is 30.4 Å². The quantitative estimate of drug-likeness (QED) is 0.192. The summed E-state index contributed by atoms with van der Waals surface area (Å²) in [4.78, 5) is 32.3. The predicted molar refractivity (Wildman–Crippen MR) is 136 cm³/mol. The Bertz CT molecular complexity index is 1250. The average molecular weight is 471 g/mol. The molecule has 4 rings (SSSR count). The Morgan fingerprint density at radius 1 is 1.00 bits per heavy atom. The molecule has 180 valence electrons. The topological polar surface area (TPSA) is 79.7 Å². The maximum atomic E-state index is 13.2. The zero-order chi connectivity index (χ0) is 24.9. The van der Waals surface area contributed by atoms with Crippen LogP contribution in [0.25, 0.3) is 5.76 Å². The highest BCUT2D eigenvalue weighted by molar-refractivity contribution is 6.51. The van der Waals surface area contributed by atoms with Gasteiger partial charge < -0.3 is 9.84 Å². The van der Waals surface area contributed by atoms with Crippen molar-refractivity contribution in [3.8, 4) is 5.75 Å². The van der Waals surface area contributed by atoms with E-state index in [1.54, 1.807) is 48.7 Å². The molecule has 0 aliphatic carbocycles. The first kappa shape index (κ1) is 24.2. The third kappa shape index (κ3) is 4.97. The van der Waals surface area contributed by atoms with Crippen LogP contribution in [0, 0.1) is 13.8 Å². The van der Waals surface area contributed by atoms with Crippen LogP contribution >= 0.6 is 0 Å². The third-order valence-electron chi connectivity index (χ3n) is 6.33. The minimum absolute atomic E-state index is 0.0172. The molecule has 1 unspecified atom stereocenters. The number of rotatable bonds is 8. The highest BCUT2D eigenvalue weighted by atomic mass is 16.5. The number of benzene rings is 2. The molecule has 3 aromatic rings. The summed E-state index contributed by atoms with van der Waals surface area (Å²) >= 11 is 0. The Morgan fingerprint density at radius 2 is 1.77 bits per heavy atom. The largest absolute Gasteiger partial charge is 0.507 e. The number of ether oxygens (including phenoxy) is 1. The van der Waals surface area contributed by atoms with Crippen LogP contribution in [0.15, 0.2) is 72.4 Å². The van der Waals surface area contributed by atoms with Gasteiger partial charge in [0.15, 0.2) is 0 Å². The Balaban J connectivity index is 1.75. The second-order valence-electron chi connectivity index (χ2n) is 8.77. The lowest BCUT2D eigenvalue weighted by molar-refractivity contribution is -0.132. The van der Waals surface area contributed by atoms with Crippen molar-refractivity contribution in [3.63, 3.8) is 0 Å². The number of aryl methyl sites for hydroxylation is 2. The molecular weight excluding hydrogens is 440 g/mol. The zero-order valence-corrected chi connectivity index (χ0v) is 20.3. The minimum atomic E-state index is -0.844. The van der Waals surface area contributed by atoms with Gasteiger partial charge in [-0.2, -0.15) is 0 Å². The van der Waals surface area contributed by atoms with Crippen LogP contribution in [0.2, 0.25) is 0 Å². The molecular formula is C29H30N2O4. The standard InChI is InChI=1S/C29H30N2O4/c1-4-5-8-17-35-23-14-11-21(12-15-23)27(32)25-26(24-9-6-7-16-30-24)31(29(34)28(25)33)22-13-10-19(2)20(3)18-22/h6-7,9-16,18,26,32H,4-5,8,17H2,1-3H3/b27-25+. The summed E-state index contributed by atoms with van der Waals surface area (Å²) in [6.07, 6.45) is 4.81. The summed E-state index contributed by atoms with van der Waals surface area (Å²) in [5, 5.41) is 11.3. The number of anilines is 1. The highest BCUT2D eigenvalue weighted by Crippen LogP contribution is 2.41. The molecule has 1 amide bonds. The highest BCUT2D eigenvalue weighted by Gasteiger charge is 2.47. The summed E-state index contributed by atoms with van der Waals surface area (Å²) in [5.74, 6) is -0.977. The molecule has 2 aromatic carbocycles. The lowest BCUT2D eigenvalue weighted by Gasteiger charge is -2.25. The number of carbonyl (C=O) groups excluding carboxylic acids is 2. The molecule has 1 saturated heterocycles. The molecule has 1 fully saturated rings. The molecule has 1 aliphatic heterocycles. The molecule has 1 atom stereocenters. The number of ketones is 1. The molecule has 6 heteroatoms. The number of Topliss-reactive ketones (excluding diaryl/α,β-unsaturated/α-hetero) is 1. The number of aromatic nitrogens is 1. The molecule has 2 heterocycles. The van der Waals surface area contributed by atoms with E-state index in [0.29, 0.717) is 29.3 Å². The van der Waals surface area contributed by atoms with E-state index in [9.17, 15) is 14.7 Å². The van der Waals surface area contributed by atoms with Crippen molar-refractivity contribution in [3.05, 3.63) is 94.8 Å². The molecule has 1 N–H and O–H groups in total. The monoisotopic (exact) mass is 470 g/mol. The van der Waals surface area contributed by atoms with E-state index in [4.69, 9.17) is 4.74 Å². The van der Waals surface area contributed by atoms with E-state index < -0.39 is 17.7 Å². The molecule has 1 aliphatic rings. The molecule has 0 saturated carbocycles. The number of amides is 1. The zero-order valence-electron chi connectivity index (χ0n) is 20.3. The Hall–Kier alpha value is -3.93. The van der Waals surface area contributed by atoms with Crippen molar-refractivity contribution in [1.29, 1.82) is 0 Å². The Labute approximate surface area is 205 Å². The van der Waals surface area contributed by atoms with Crippen molar-refractivity contribution < 1.29 is 19.4 Å². The van der Waals surface area contributed by atoms with E-state index in [1.807, 2.05) is 32.0 Å². The smallest absolute Gasteiger partial charge is 0.300 e. The second kappa shape index (κ2) is 10.6. The van der Waals surface area contributed by atoms with Crippen LogP contribution in [0.5, 0.6) is 5.75 Å². The number of aliphatic hydroxyl groups excluding tert-OH is 1. The van der Waals surface area contributed by atoms with E-state index in [2.05, 4.69) is 11.9 Å². The van der Waals surface area contributed by atoms with Crippen LogP contribution in [0.4, 0.5) is 5.69 Å². The minimum Gasteiger partial charge on any atom is -0.507 e. The molecule has 0 bridgehead atoms. The van der Waals surface area contributed by atoms with Crippen LogP contribution in [-0.2, 0) is 9.59 Å². The molecule has 0 spiro atoms. The average Bonchev–Trinajstić information content (AvgIpc) is 3.14. The molecule has 6 nitrogen and oxygen atoms in total. The van der Waals surface area contributed by atoms with Crippen molar-refractivity contribution in [2.75, 3.05) is 11.5 Å². The van der Waals surface area contributed by atoms with Gasteiger partial charge in [-0.1, -0.05) is 31.9 Å². The van der Waals surface area contributed by atoms with Crippen LogP contribution in [0.3, 0.4) is 0 Å². The fraction of sp³-hybridized carbons (Fsp3) is 0.276. The van der Waals surface area contributed by atoms with Gasteiger partial charge in [-0.15, -0.1) is 0 Å². The van der Waals surface area contributed by atoms with Crippen LogP contribution in [-0.4, -0.2) is 28.4 Å². The van der Waals surface area contributed by atoms with E-state index >= 15 is 0 Å². The SMILES string of the molecule is CCCCCOc1ccc(/C(O)=C2\C(=O)C(=O)N(c3ccc(C)c(C)c3)C2c2ccccn2)cc1. The summed E-state index contributed by atoms with van der Waals surface area (Å²) < 4.78 is 5.76.